The molecule has 0 radical (unpaired) electrons. The van der Waals surface area contributed by atoms with Crippen molar-refractivity contribution in [3.05, 3.63) is 95.6 Å². The Hall–Kier alpha value is -3.12. The minimum Gasteiger partial charge on any atom is -0.350 e. The Kier molecular flexibility index (Phi) is 6.90. The van der Waals surface area contributed by atoms with Gasteiger partial charge in [0.25, 0.3) is 15.9 Å². The highest BCUT2D eigenvalue weighted by Crippen LogP contribution is 2.23. The van der Waals surface area contributed by atoms with E-state index in [4.69, 9.17) is 0 Å². The van der Waals surface area contributed by atoms with Gasteiger partial charge in [-0.15, -0.1) is 0 Å². The molecule has 2 N–H and O–H groups in total. The maximum Gasteiger partial charge on any atom is 0.261 e. The van der Waals surface area contributed by atoms with Gasteiger partial charge in [0, 0.05) is 11.6 Å². The maximum atomic E-state index is 12.8. The molecule has 0 unspecified atom stereocenters. The van der Waals surface area contributed by atoms with Gasteiger partial charge >= 0.3 is 0 Å². The number of rotatable bonds is 8. The van der Waals surface area contributed by atoms with Crippen LogP contribution in [0.2, 0.25) is 0 Å². The SMILES string of the molecule is Cc1c(NS(=O)(=O)c2ccccc2)cccc1C(=O)N[C@H](C)CCc1ccccc1. The van der Waals surface area contributed by atoms with Gasteiger partial charge in [-0.25, -0.2) is 8.42 Å². The molecule has 0 aliphatic heterocycles. The number of amides is 1. The van der Waals surface area contributed by atoms with Crippen molar-refractivity contribution in [2.75, 3.05) is 4.72 Å². The summed E-state index contributed by atoms with van der Waals surface area (Å²) in [7, 11) is -3.72. The fraction of sp³-hybridized carbons (Fsp3) is 0.208. The lowest BCUT2D eigenvalue weighted by molar-refractivity contribution is 0.0938. The summed E-state index contributed by atoms with van der Waals surface area (Å²) in [6.45, 7) is 3.71. The van der Waals surface area contributed by atoms with E-state index in [1.807, 2.05) is 25.1 Å². The van der Waals surface area contributed by atoms with Gasteiger partial charge in [-0.2, -0.15) is 0 Å². The maximum absolute atomic E-state index is 12.8. The first-order chi connectivity index (χ1) is 14.4. The van der Waals surface area contributed by atoms with Crippen molar-refractivity contribution in [3.8, 4) is 0 Å². The molecule has 0 fully saturated rings. The normalized spacial score (nSPS) is 12.2. The van der Waals surface area contributed by atoms with Crippen molar-refractivity contribution < 1.29 is 13.2 Å². The van der Waals surface area contributed by atoms with Crippen molar-refractivity contribution in [2.24, 2.45) is 0 Å². The monoisotopic (exact) mass is 422 g/mol. The molecule has 0 saturated heterocycles. The quantitative estimate of drug-likeness (QED) is 0.559. The summed E-state index contributed by atoms with van der Waals surface area (Å²) >= 11 is 0. The van der Waals surface area contributed by atoms with Crippen molar-refractivity contribution in [1.82, 2.24) is 5.32 Å². The molecule has 3 rings (SSSR count). The molecule has 0 aromatic heterocycles. The highest BCUT2D eigenvalue weighted by Gasteiger charge is 2.18. The molecule has 5 nitrogen and oxygen atoms in total. The van der Waals surface area contributed by atoms with Crippen LogP contribution in [0.15, 0.2) is 83.8 Å². The van der Waals surface area contributed by atoms with E-state index in [1.54, 1.807) is 43.3 Å². The van der Waals surface area contributed by atoms with Gasteiger partial charge in [-0.05, 0) is 62.1 Å². The molecule has 30 heavy (non-hydrogen) atoms. The van der Waals surface area contributed by atoms with Crippen LogP contribution in [0.1, 0.15) is 34.8 Å². The van der Waals surface area contributed by atoms with Crippen molar-refractivity contribution in [2.45, 2.75) is 37.6 Å². The van der Waals surface area contributed by atoms with E-state index in [0.717, 1.165) is 12.8 Å². The predicted molar refractivity (Wildman–Crippen MR) is 120 cm³/mol. The number of aryl methyl sites for hydroxylation is 1. The molecular formula is C24H26N2O3S. The van der Waals surface area contributed by atoms with Gasteiger partial charge in [0.1, 0.15) is 0 Å². The van der Waals surface area contributed by atoms with Crippen LogP contribution in [-0.4, -0.2) is 20.4 Å². The van der Waals surface area contributed by atoms with Crippen LogP contribution < -0.4 is 10.0 Å². The number of carbonyl (C=O) groups is 1. The minimum atomic E-state index is -3.72. The van der Waals surface area contributed by atoms with Gasteiger partial charge in [0.2, 0.25) is 0 Å². The van der Waals surface area contributed by atoms with E-state index in [-0.39, 0.29) is 16.8 Å². The van der Waals surface area contributed by atoms with E-state index in [1.165, 1.54) is 17.7 Å². The Balaban J connectivity index is 1.68. The number of sulfonamides is 1. The van der Waals surface area contributed by atoms with Crippen LogP contribution in [-0.2, 0) is 16.4 Å². The Bertz CT molecular complexity index is 1100. The fourth-order valence-electron chi connectivity index (χ4n) is 3.20. The average Bonchev–Trinajstić information content (AvgIpc) is 2.75. The molecule has 0 aliphatic carbocycles. The Morgan fingerprint density at radius 3 is 2.20 bits per heavy atom. The van der Waals surface area contributed by atoms with Crippen molar-refractivity contribution in [3.63, 3.8) is 0 Å². The second kappa shape index (κ2) is 9.59. The first-order valence-corrected chi connectivity index (χ1v) is 11.4. The topological polar surface area (TPSA) is 75.3 Å². The van der Waals surface area contributed by atoms with Gasteiger partial charge in [-0.1, -0.05) is 54.6 Å². The minimum absolute atomic E-state index is 0.0122. The number of hydrogen-bond donors (Lipinski definition) is 2. The third-order valence-corrected chi connectivity index (χ3v) is 6.34. The van der Waals surface area contributed by atoms with Crippen LogP contribution in [0, 0.1) is 6.92 Å². The third kappa shape index (κ3) is 5.48. The molecule has 0 saturated carbocycles. The zero-order valence-corrected chi connectivity index (χ0v) is 17.9. The lowest BCUT2D eigenvalue weighted by Gasteiger charge is -2.17. The van der Waals surface area contributed by atoms with Crippen LogP contribution >= 0.6 is 0 Å². The van der Waals surface area contributed by atoms with E-state index in [0.29, 0.717) is 16.8 Å². The van der Waals surface area contributed by atoms with E-state index >= 15 is 0 Å². The van der Waals surface area contributed by atoms with Crippen LogP contribution in [0.3, 0.4) is 0 Å². The summed E-state index contributed by atoms with van der Waals surface area (Å²) in [5.74, 6) is -0.214. The van der Waals surface area contributed by atoms with Gasteiger partial charge < -0.3 is 5.32 Å². The first kappa shape index (κ1) is 21.6. The molecule has 0 heterocycles. The summed E-state index contributed by atoms with van der Waals surface area (Å²) in [5, 5.41) is 3.01. The second-order valence-corrected chi connectivity index (χ2v) is 8.98. The molecule has 0 aliphatic rings. The van der Waals surface area contributed by atoms with Gasteiger partial charge in [0.15, 0.2) is 0 Å². The summed E-state index contributed by atoms with van der Waals surface area (Å²) in [6, 6.07) is 23.3. The summed E-state index contributed by atoms with van der Waals surface area (Å²) in [5.41, 5.74) is 2.66. The molecule has 6 heteroatoms. The highest BCUT2D eigenvalue weighted by molar-refractivity contribution is 7.92. The fourth-order valence-corrected chi connectivity index (χ4v) is 4.34. The number of anilines is 1. The molecule has 1 atom stereocenters. The zero-order chi connectivity index (χ0) is 21.6. The lowest BCUT2D eigenvalue weighted by atomic mass is 10.0. The summed E-state index contributed by atoms with van der Waals surface area (Å²) in [6.07, 6.45) is 1.69. The molecule has 0 bridgehead atoms. The Morgan fingerprint density at radius 2 is 1.53 bits per heavy atom. The van der Waals surface area contributed by atoms with Gasteiger partial charge in [-0.3, -0.25) is 9.52 Å². The molecule has 3 aromatic carbocycles. The molecular weight excluding hydrogens is 396 g/mol. The lowest BCUT2D eigenvalue weighted by Crippen LogP contribution is -2.33. The Labute approximate surface area is 178 Å². The van der Waals surface area contributed by atoms with E-state index in [2.05, 4.69) is 22.2 Å². The number of benzene rings is 3. The van der Waals surface area contributed by atoms with E-state index in [9.17, 15) is 13.2 Å². The Morgan fingerprint density at radius 1 is 0.900 bits per heavy atom. The molecule has 1 amide bonds. The highest BCUT2D eigenvalue weighted by atomic mass is 32.2. The standard InChI is InChI=1S/C24H26N2O3S/c1-18(16-17-20-10-5-3-6-11-20)25-24(27)22-14-9-15-23(19(22)2)26-30(28,29)21-12-7-4-8-13-21/h3-15,18,26H,16-17H2,1-2H3,(H,25,27)/t18-/m1/s1. The van der Waals surface area contributed by atoms with E-state index < -0.39 is 10.0 Å². The average molecular weight is 423 g/mol. The summed E-state index contributed by atoms with van der Waals surface area (Å²) in [4.78, 5) is 13.0. The molecule has 3 aromatic rings. The first-order valence-electron chi connectivity index (χ1n) is 9.89. The van der Waals surface area contributed by atoms with Gasteiger partial charge in [0.05, 0.1) is 10.6 Å². The smallest absolute Gasteiger partial charge is 0.261 e. The molecule has 156 valence electrons. The van der Waals surface area contributed by atoms with Crippen LogP contribution in [0.25, 0.3) is 0 Å². The predicted octanol–water partition coefficient (Wildman–Crippen LogP) is 4.55. The largest absolute Gasteiger partial charge is 0.350 e. The summed E-state index contributed by atoms with van der Waals surface area (Å²) < 4.78 is 27.8. The molecule has 0 spiro atoms. The van der Waals surface area contributed by atoms with Crippen molar-refractivity contribution >= 4 is 21.6 Å². The van der Waals surface area contributed by atoms with Crippen molar-refractivity contribution in [1.29, 1.82) is 0 Å². The number of nitrogens with one attached hydrogen (secondary N) is 2. The number of carbonyl (C=O) groups excluding carboxylic acids is 1. The van der Waals surface area contributed by atoms with Crippen LogP contribution in [0.4, 0.5) is 5.69 Å². The number of hydrogen-bond acceptors (Lipinski definition) is 3. The zero-order valence-electron chi connectivity index (χ0n) is 17.1. The second-order valence-electron chi connectivity index (χ2n) is 7.30. The van der Waals surface area contributed by atoms with Crippen LogP contribution in [0.5, 0.6) is 0 Å². The third-order valence-electron chi connectivity index (χ3n) is 4.96.